The highest BCUT2D eigenvalue weighted by molar-refractivity contribution is 7.98. The lowest BCUT2D eigenvalue weighted by atomic mass is 9.98. The Bertz CT molecular complexity index is 1070. The van der Waals surface area contributed by atoms with Gasteiger partial charge in [-0.1, -0.05) is 50.7 Å². The Morgan fingerprint density at radius 2 is 1.89 bits per heavy atom. The zero-order valence-electron chi connectivity index (χ0n) is 16.3. The number of nitrogens with zero attached hydrogens (tertiary/aromatic N) is 4. The SMILES string of the molecule is Cc1occc1-c1nnc(SCc2csc(C(C)(C)C)n2)n1-c1ccccc1. The minimum atomic E-state index is 0.0730. The summed E-state index contributed by atoms with van der Waals surface area (Å²) in [5.74, 6) is 2.37. The molecule has 28 heavy (non-hydrogen) atoms. The van der Waals surface area contributed by atoms with Gasteiger partial charge in [-0.25, -0.2) is 4.98 Å². The van der Waals surface area contributed by atoms with Crippen LogP contribution in [0.4, 0.5) is 0 Å². The van der Waals surface area contributed by atoms with E-state index in [9.17, 15) is 0 Å². The molecule has 0 saturated carbocycles. The Balaban J connectivity index is 1.67. The zero-order chi connectivity index (χ0) is 19.7. The molecule has 0 fully saturated rings. The summed E-state index contributed by atoms with van der Waals surface area (Å²) in [4.78, 5) is 4.80. The molecule has 3 heterocycles. The lowest BCUT2D eigenvalue weighted by molar-refractivity contribution is 0.535. The van der Waals surface area contributed by atoms with Crippen LogP contribution in [0.3, 0.4) is 0 Å². The van der Waals surface area contributed by atoms with Crippen LogP contribution in [-0.2, 0) is 11.2 Å². The zero-order valence-corrected chi connectivity index (χ0v) is 18.0. The van der Waals surface area contributed by atoms with Gasteiger partial charge in [-0.2, -0.15) is 0 Å². The van der Waals surface area contributed by atoms with Crippen LogP contribution < -0.4 is 0 Å². The second kappa shape index (κ2) is 7.56. The number of thioether (sulfide) groups is 1. The quantitative estimate of drug-likeness (QED) is 0.384. The van der Waals surface area contributed by atoms with Gasteiger partial charge in [0.1, 0.15) is 5.76 Å². The van der Waals surface area contributed by atoms with E-state index in [4.69, 9.17) is 9.40 Å². The van der Waals surface area contributed by atoms with Gasteiger partial charge in [0, 0.05) is 22.2 Å². The maximum absolute atomic E-state index is 5.49. The van der Waals surface area contributed by atoms with Crippen molar-refractivity contribution in [1.29, 1.82) is 0 Å². The second-order valence-corrected chi connectivity index (χ2v) is 9.35. The van der Waals surface area contributed by atoms with E-state index in [1.807, 2.05) is 31.2 Å². The maximum Gasteiger partial charge on any atom is 0.196 e. The number of aromatic nitrogens is 4. The van der Waals surface area contributed by atoms with Crippen LogP contribution in [0.15, 0.2) is 57.6 Å². The second-order valence-electron chi connectivity index (χ2n) is 7.55. The lowest BCUT2D eigenvalue weighted by Crippen LogP contribution is -2.10. The summed E-state index contributed by atoms with van der Waals surface area (Å²) in [5.41, 5.74) is 3.12. The van der Waals surface area contributed by atoms with Gasteiger partial charge in [0.05, 0.1) is 22.5 Å². The van der Waals surface area contributed by atoms with Crippen molar-refractivity contribution in [3.8, 4) is 17.1 Å². The highest BCUT2D eigenvalue weighted by atomic mass is 32.2. The number of hydrogen-bond donors (Lipinski definition) is 0. The molecule has 0 atom stereocenters. The van der Waals surface area contributed by atoms with Crippen LogP contribution in [0.25, 0.3) is 17.1 Å². The molecule has 0 unspecified atom stereocenters. The van der Waals surface area contributed by atoms with E-state index in [-0.39, 0.29) is 5.41 Å². The summed E-state index contributed by atoms with van der Waals surface area (Å²) in [6.07, 6.45) is 1.69. The van der Waals surface area contributed by atoms with Crippen LogP contribution >= 0.6 is 23.1 Å². The lowest BCUT2D eigenvalue weighted by Gasteiger charge is -2.13. The smallest absolute Gasteiger partial charge is 0.196 e. The normalized spacial score (nSPS) is 11.9. The molecule has 0 aliphatic heterocycles. The molecular weight excluding hydrogens is 388 g/mol. The highest BCUT2D eigenvalue weighted by Crippen LogP contribution is 2.32. The number of para-hydroxylation sites is 1. The summed E-state index contributed by atoms with van der Waals surface area (Å²) in [7, 11) is 0. The van der Waals surface area contributed by atoms with E-state index in [2.05, 4.69) is 53.0 Å². The molecule has 4 rings (SSSR count). The van der Waals surface area contributed by atoms with Crippen molar-refractivity contribution >= 4 is 23.1 Å². The first-order valence-corrected chi connectivity index (χ1v) is 10.9. The minimum absolute atomic E-state index is 0.0730. The number of hydrogen-bond acceptors (Lipinski definition) is 6. The molecular formula is C21H22N4OS2. The molecule has 144 valence electrons. The highest BCUT2D eigenvalue weighted by Gasteiger charge is 2.21. The summed E-state index contributed by atoms with van der Waals surface area (Å²) >= 11 is 3.36. The first-order chi connectivity index (χ1) is 13.4. The van der Waals surface area contributed by atoms with E-state index in [0.29, 0.717) is 0 Å². The molecule has 0 N–H and O–H groups in total. The average Bonchev–Trinajstić information content (AvgIpc) is 3.39. The third-order valence-electron chi connectivity index (χ3n) is 4.29. The molecule has 0 aliphatic carbocycles. The van der Waals surface area contributed by atoms with E-state index < -0.39 is 0 Å². The van der Waals surface area contributed by atoms with Crippen LogP contribution in [0.1, 0.15) is 37.2 Å². The monoisotopic (exact) mass is 410 g/mol. The topological polar surface area (TPSA) is 56.7 Å². The van der Waals surface area contributed by atoms with Gasteiger partial charge < -0.3 is 4.42 Å². The van der Waals surface area contributed by atoms with Crippen LogP contribution in [0, 0.1) is 6.92 Å². The van der Waals surface area contributed by atoms with Crippen molar-refractivity contribution in [2.45, 2.75) is 44.0 Å². The van der Waals surface area contributed by atoms with Crippen molar-refractivity contribution < 1.29 is 4.42 Å². The molecule has 0 radical (unpaired) electrons. The Morgan fingerprint density at radius 1 is 1.11 bits per heavy atom. The fraction of sp³-hybridized carbons (Fsp3) is 0.286. The number of rotatable bonds is 5. The predicted molar refractivity (Wildman–Crippen MR) is 114 cm³/mol. The predicted octanol–water partition coefficient (Wildman–Crippen LogP) is 5.88. The Kier molecular flexibility index (Phi) is 5.12. The van der Waals surface area contributed by atoms with E-state index >= 15 is 0 Å². The standard InChI is InChI=1S/C21H22N4OS2/c1-14-17(10-11-26-14)18-23-24-20(25(18)16-8-6-5-7-9-16)28-13-15-12-27-19(22-15)21(2,3)4/h5-12H,13H2,1-4H3. The van der Waals surface area contributed by atoms with E-state index in [1.54, 1.807) is 29.4 Å². The fourth-order valence-corrected chi connectivity index (χ4v) is 4.68. The molecule has 3 aromatic heterocycles. The number of benzene rings is 1. The van der Waals surface area contributed by atoms with E-state index in [0.717, 1.165) is 44.4 Å². The molecule has 0 bridgehead atoms. The summed E-state index contributed by atoms with van der Waals surface area (Å²) in [5, 5.41) is 13.1. The van der Waals surface area contributed by atoms with Gasteiger partial charge in [-0.05, 0) is 25.1 Å². The first-order valence-electron chi connectivity index (χ1n) is 9.06. The molecule has 7 heteroatoms. The molecule has 0 amide bonds. The molecule has 0 spiro atoms. The number of aryl methyl sites for hydroxylation is 1. The van der Waals surface area contributed by atoms with Gasteiger partial charge in [0.25, 0.3) is 0 Å². The summed E-state index contributed by atoms with van der Waals surface area (Å²) in [6, 6.07) is 12.1. The van der Waals surface area contributed by atoms with Crippen LogP contribution in [0.2, 0.25) is 0 Å². The van der Waals surface area contributed by atoms with Crippen molar-refractivity contribution in [1.82, 2.24) is 19.7 Å². The van der Waals surface area contributed by atoms with E-state index in [1.165, 1.54) is 0 Å². The number of furan rings is 1. The third kappa shape index (κ3) is 3.77. The molecule has 4 aromatic rings. The summed E-state index contributed by atoms with van der Waals surface area (Å²) in [6.45, 7) is 8.51. The molecule has 5 nitrogen and oxygen atoms in total. The van der Waals surface area contributed by atoms with Gasteiger partial charge in [0.15, 0.2) is 11.0 Å². The van der Waals surface area contributed by atoms with Crippen molar-refractivity contribution in [3.05, 3.63) is 64.5 Å². The van der Waals surface area contributed by atoms with Crippen LogP contribution in [-0.4, -0.2) is 19.7 Å². The van der Waals surface area contributed by atoms with Gasteiger partial charge in [-0.3, -0.25) is 4.57 Å². The van der Waals surface area contributed by atoms with Crippen molar-refractivity contribution in [2.24, 2.45) is 0 Å². The average molecular weight is 411 g/mol. The maximum atomic E-state index is 5.49. The van der Waals surface area contributed by atoms with Crippen molar-refractivity contribution in [3.63, 3.8) is 0 Å². The Morgan fingerprint density at radius 3 is 2.54 bits per heavy atom. The largest absolute Gasteiger partial charge is 0.469 e. The number of thiazole rings is 1. The van der Waals surface area contributed by atoms with Gasteiger partial charge in [0.2, 0.25) is 0 Å². The Labute approximate surface area is 172 Å². The van der Waals surface area contributed by atoms with Gasteiger partial charge in [-0.15, -0.1) is 21.5 Å². The third-order valence-corrected chi connectivity index (χ3v) is 6.57. The summed E-state index contributed by atoms with van der Waals surface area (Å²) < 4.78 is 7.57. The first kappa shape index (κ1) is 19.0. The van der Waals surface area contributed by atoms with Crippen molar-refractivity contribution in [2.75, 3.05) is 0 Å². The molecule has 0 saturated heterocycles. The Hall–Kier alpha value is -2.38. The minimum Gasteiger partial charge on any atom is -0.469 e. The van der Waals surface area contributed by atoms with Crippen LogP contribution in [0.5, 0.6) is 0 Å². The molecule has 1 aromatic carbocycles. The molecule has 0 aliphatic rings. The van der Waals surface area contributed by atoms with Gasteiger partial charge >= 0.3 is 0 Å². The fourth-order valence-electron chi connectivity index (χ4n) is 2.82.